The van der Waals surface area contributed by atoms with Gasteiger partial charge in [0.05, 0.1) is 10.6 Å². The molecule has 1 aromatic heterocycles. The van der Waals surface area contributed by atoms with E-state index in [1.807, 2.05) is 0 Å². The number of aryl methyl sites for hydroxylation is 3. The van der Waals surface area contributed by atoms with Crippen molar-refractivity contribution in [3.63, 3.8) is 0 Å². The summed E-state index contributed by atoms with van der Waals surface area (Å²) in [5.74, 6) is -1.40. The highest BCUT2D eigenvalue weighted by Crippen LogP contribution is 2.24. The number of carbonyl (C=O) groups excluding carboxylic acids is 1. The summed E-state index contributed by atoms with van der Waals surface area (Å²) in [5.41, 5.74) is 0.231. The molecule has 2 aromatic rings. The Morgan fingerprint density at radius 2 is 2.10 bits per heavy atom. The van der Waals surface area contributed by atoms with E-state index in [2.05, 4.69) is 10.4 Å². The van der Waals surface area contributed by atoms with Gasteiger partial charge in [-0.3, -0.25) is 19.6 Å². The van der Waals surface area contributed by atoms with E-state index in [9.17, 15) is 19.3 Å². The zero-order chi connectivity index (χ0) is 15.7. The van der Waals surface area contributed by atoms with Crippen molar-refractivity contribution in [2.75, 3.05) is 5.32 Å². The second-order valence-electron chi connectivity index (χ2n) is 4.60. The lowest BCUT2D eigenvalue weighted by Crippen LogP contribution is -2.18. The molecule has 0 aliphatic rings. The van der Waals surface area contributed by atoms with Gasteiger partial charge < -0.3 is 5.32 Å². The van der Waals surface area contributed by atoms with E-state index in [1.165, 1.54) is 26.1 Å². The standard InChI is InChI=1S/C13H13FN4O3/c1-7-4-5-9(14)10(6-7)15-13(19)12-11(18(20)21)8(2)16-17(12)3/h4-6H,1-3H3,(H,15,19). The molecule has 0 bridgehead atoms. The molecule has 1 amide bonds. The lowest BCUT2D eigenvalue weighted by molar-refractivity contribution is -0.385. The molecule has 110 valence electrons. The van der Waals surface area contributed by atoms with Crippen LogP contribution in [0.4, 0.5) is 15.8 Å². The van der Waals surface area contributed by atoms with Gasteiger partial charge in [0.1, 0.15) is 11.5 Å². The number of nitro groups is 1. The molecule has 1 N–H and O–H groups in total. The van der Waals surface area contributed by atoms with E-state index in [0.29, 0.717) is 0 Å². The number of hydrogen-bond donors (Lipinski definition) is 1. The number of benzene rings is 1. The monoisotopic (exact) mass is 292 g/mol. The van der Waals surface area contributed by atoms with E-state index in [4.69, 9.17) is 0 Å². The first-order valence-electron chi connectivity index (χ1n) is 6.06. The number of nitrogens with one attached hydrogen (secondary N) is 1. The fourth-order valence-electron chi connectivity index (χ4n) is 2.04. The van der Waals surface area contributed by atoms with Crippen molar-refractivity contribution >= 4 is 17.3 Å². The van der Waals surface area contributed by atoms with Gasteiger partial charge in [-0.2, -0.15) is 5.10 Å². The Hall–Kier alpha value is -2.77. The van der Waals surface area contributed by atoms with Crippen LogP contribution < -0.4 is 5.32 Å². The van der Waals surface area contributed by atoms with Gasteiger partial charge in [0, 0.05) is 7.05 Å². The van der Waals surface area contributed by atoms with Crippen LogP contribution in [0.5, 0.6) is 0 Å². The summed E-state index contributed by atoms with van der Waals surface area (Å²) in [6, 6.07) is 4.22. The first-order chi connectivity index (χ1) is 9.81. The van der Waals surface area contributed by atoms with Gasteiger partial charge in [-0.25, -0.2) is 4.39 Å². The Labute approximate surface area is 119 Å². The molecule has 8 heteroatoms. The summed E-state index contributed by atoms with van der Waals surface area (Å²) in [6.45, 7) is 3.17. The number of amides is 1. The van der Waals surface area contributed by atoms with Gasteiger partial charge in [0.15, 0.2) is 0 Å². The minimum absolute atomic E-state index is 0.0341. The average Bonchev–Trinajstić information content (AvgIpc) is 2.68. The van der Waals surface area contributed by atoms with Crippen LogP contribution in [0.1, 0.15) is 21.7 Å². The normalized spacial score (nSPS) is 10.5. The molecule has 1 heterocycles. The summed E-state index contributed by atoms with van der Waals surface area (Å²) < 4.78 is 14.7. The maximum atomic E-state index is 13.6. The Balaban J connectivity index is 2.42. The summed E-state index contributed by atoms with van der Waals surface area (Å²) in [4.78, 5) is 22.5. The molecule has 2 rings (SSSR count). The SMILES string of the molecule is Cc1ccc(F)c(NC(=O)c2c([N+](=O)[O-])c(C)nn2C)c1. The fraction of sp³-hybridized carbons (Fsp3) is 0.231. The second-order valence-corrected chi connectivity index (χ2v) is 4.60. The number of carbonyl (C=O) groups is 1. The molecular formula is C13H13FN4O3. The van der Waals surface area contributed by atoms with Crippen molar-refractivity contribution < 1.29 is 14.1 Å². The number of aromatic nitrogens is 2. The van der Waals surface area contributed by atoms with Crippen molar-refractivity contribution in [2.45, 2.75) is 13.8 Å². The summed E-state index contributed by atoms with van der Waals surface area (Å²) in [7, 11) is 1.42. The van der Waals surface area contributed by atoms with Gasteiger partial charge in [0.2, 0.25) is 5.69 Å². The molecule has 0 spiro atoms. The van der Waals surface area contributed by atoms with Crippen molar-refractivity contribution in [1.29, 1.82) is 0 Å². The highest BCUT2D eigenvalue weighted by Gasteiger charge is 2.29. The predicted octanol–water partition coefficient (Wildman–Crippen LogP) is 2.34. The van der Waals surface area contributed by atoms with Crippen LogP contribution in [0.2, 0.25) is 0 Å². The van der Waals surface area contributed by atoms with Crippen molar-refractivity contribution in [1.82, 2.24) is 9.78 Å². The van der Waals surface area contributed by atoms with Gasteiger partial charge in [-0.15, -0.1) is 0 Å². The van der Waals surface area contributed by atoms with Crippen LogP contribution in [0.25, 0.3) is 0 Å². The summed E-state index contributed by atoms with van der Waals surface area (Å²) in [6.07, 6.45) is 0. The first kappa shape index (κ1) is 14.6. The lowest BCUT2D eigenvalue weighted by atomic mass is 10.2. The summed E-state index contributed by atoms with van der Waals surface area (Å²) >= 11 is 0. The van der Waals surface area contributed by atoms with Crippen LogP contribution in [-0.4, -0.2) is 20.6 Å². The van der Waals surface area contributed by atoms with Crippen molar-refractivity contribution in [3.8, 4) is 0 Å². The number of rotatable bonds is 3. The zero-order valence-corrected chi connectivity index (χ0v) is 11.7. The number of anilines is 1. The molecule has 1 aromatic carbocycles. The van der Waals surface area contributed by atoms with Gasteiger partial charge >= 0.3 is 5.69 Å². The Bertz CT molecular complexity index is 739. The second kappa shape index (κ2) is 5.31. The van der Waals surface area contributed by atoms with E-state index < -0.39 is 16.6 Å². The van der Waals surface area contributed by atoms with Crippen LogP contribution in [0, 0.1) is 29.8 Å². The predicted molar refractivity (Wildman–Crippen MR) is 73.7 cm³/mol. The molecule has 0 saturated carbocycles. The minimum Gasteiger partial charge on any atom is -0.318 e. The third-order valence-corrected chi connectivity index (χ3v) is 2.96. The molecule has 0 radical (unpaired) electrons. The maximum absolute atomic E-state index is 13.6. The smallest absolute Gasteiger partial charge is 0.318 e. The van der Waals surface area contributed by atoms with Crippen LogP contribution in [0.3, 0.4) is 0 Å². The summed E-state index contributed by atoms with van der Waals surface area (Å²) in [5, 5.41) is 17.2. The van der Waals surface area contributed by atoms with Gasteiger partial charge in [0.25, 0.3) is 5.91 Å². The topological polar surface area (TPSA) is 90.1 Å². The third kappa shape index (κ3) is 2.73. The van der Waals surface area contributed by atoms with E-state index in [1.54, 1.807) is 13.0 Å². The minimum atomic E-state index is -0.783. The van der Waals surface area contributed by atoms with E-state index >= 15 is 0 Å². The van der Waals surface area contributed by atoms with E-state index in [-0.39, 0.29) is 22.8 Å². The highest BCUT2D eigenvalue weighted by molar-refractivity contribution is 6.06. The first-order valence-corrected chi connectivity index (χ1v) is 6.06. The van der Waals surface area contributed by atoms with Crippen LogP contribution in [0.15, 0.2) is 18.2 Å². The molecule has 0 atom stereocenters. The Morgan fingerprint density at radius 3 is 2.71 bits per heavy atom. The molecule has 0 aliphatic heterocycles. The largest absolute Gasteiger partial charge is 0.322 e. The van der Waals surface area contributed by atoms with Gasteiger partial charge in [-0.05, 0) is 31.5 Å². The molecule has 0 unspecified atom stereocenters. The van der Waals surface area contributed by atoms with E-state index in [0.717, 1.165) is 10.2 Å². The maximum Gasteiger partial charge on any atom is 0.322 e. The quantitative estimate of drug-likeness (QED) is 0.694. The highest BCUT2D eigenvalue weighted by atomic mass is 19.1. The Morgan fingerprint density at radius 1 is 1.43 bits per heavy atom. The molecule has 0 fully saturated rings. The number of halogens is 1. The third-order valence-electron chi connectivity index (χ3n) is 2.96. The average molecular weight is 292 g/mol. The van der Waals surface area contributed by atoms with Gasteiger partial charge in [-0.1, -0.05) is 6.07 Å². The number of nitrogens with zero attached hydrogens (tertiary/aromatic N) is 3. The number of hydrogen-bond acceptors (Lipinski definition) is 4. The molecule has 21 heavy (non-hydrogen) atoms. The zero-order valence-electron chi connectivity index (χ0n) is 11.7. The van der Waals surface area contributed by atoms with Crippen molar-refractivity contribution in [3.05, 3.63) is 51.1 Å². The molecule has 7 nitrogen and oxygen atoms in total. The molecular weight excluding hydrogens is 279 g/mol. The Kier molecular flexibility index (Phi) is 3.70. The van der Waals surface area contributed by atoms with Crippen molar-refractivity contribution in [2.24, 2.45) is 7.05 Å². The molecule has 0 saturated heterocycles. The molecule has 0 aliphatic carbocycles. The van der Waals surface area contributed by atoms with Crippen LogP contribution >= 0.6 is 0 Å². The lowest BCUT2D eigenvalue weighted by Gasteiger charge is -2.07. The van der Waals surface area contributed by atoms with Crippen LogP contribution in [-0.2, 0) is 7.05 Å². The fourth-order valence-corrected chi connectivity index (χ4v) is 2.04.